The molecule has 2 aliphatic carbocycles. The Balaban J connectivity index is 1.42. The zero-order chi connectivity index (χ0) is 19.1. The van der Waals surface area contributed by atoms with E-state index in [9.17, 15) is 4.79 Å². The molecule has 1 aromatic carbocycles. The molecule has 0 spiro atoms. The minimum atomic E-state index is 0.0193. The Morgan fingerprint density at radius 1 is 1.07 bits per heavy atom. The average molecular weight is 366 g/mol. The van der Waals surface area contributed by atoms with Crippen LogP contribution in [-0.4, -0.2) is 12.1 Å². The summed E-state index contributed by atoms with van der Waals surface area (Å²) in [6, 6.07) is 11.1. The van der Waals surface area contributed by atoms with E-state index < -0.39 is 0 Å². The lowest BCUT2D eigenvalue weighted by molar-refractivity contribution is -0.157. The monoisotopic (exact) mass is 365 g/mol. The fourth-order valence-electron chi connectivity index (χ4n) is 4.53. The van der Waals surface area contributed by atoms with Gasteiger partial charge in [-0.1, -0.05) is 37.3 Å². The summed E-state index contributed by atoms with van der Waals surface area (Å²) in [5.74, 6) is 1.15. The molecule has 0 aliphatic heterocycles. The molecule has 3 heteroatoms. The fraction of sp³-hybridized carbons (Fsp3) is 0.583. The maximum atomic E-state index is 12.6. The highest BCUT2D eigenvalue weighted by molar-refractivity contribution is 5.72. The first-order valence-electron chi connectivity index (χ1n) is 10.5. The molecule has 0 amide bonds. The van der Waals surface area contributed by atoms with Crippen molar-refractivity contribution in [1.29, 1.82) is 5.26 Å². The van der Waals surface area contributed by atoms with E-state index in [1.807, 2.05) is 6.08 Å². The van der Waals surface area contributed by atoms with Crippen LogP contribution in [0.1, 0.15) is 75.3 Å². The third-order valence-corrected chi connectivity index (χ3v) is 6.36. The SMILES string of the molecule is CCc1ccc([C@H]2CC[C@H](C(=O)OC3CCC(/C=C/C#N)CC3)CC2)cc1. The number of nitrogens with zero attached hydrogens (tertiary/aromatic N) is 1. The topological polar surface area (TPSA) is 50.1 Å². The van der Waals surface area contributed by atoms with Crippen molar-refractivity contribution in [2.24, 2.45) is 11.8 Å². The molecule has 0 radical (unpaired) electrons. The number of benzene rings is 1. The van der Waals surface area contributed by atoms with Crippen LogP contribution in [-0.2, 0) is 16.0 Å². The standard InChI is InChI=1S/C24H31NO2/c1-2-18-5-9-20(10-6-18)21-11-13-22(14-12-21)24(26)27-23-15-7-19(8-16-23)4-3-17-25/h3-6,9-10,19,21-23H,2,7-8,11-16H2,1H3/b4-3+/t19?,21-,22-,23?. The van der Waals surface area contributed by atoms with Crippen LogP contribution in [0.4, 0.5) is 0 Å². The Labute approximate surface area is 163 Å². The van der Waals surface area contributed by atoms with E-state index >= 15 is 0 Å². The van der Waals surface area contributed by atoms with E-state index in [-0.39, 0.29) is 18.0 Å². The van der Waals surface area contributed by atoms with E-state index in [2.05, 4.69) is 37.3 Å². The number of nitriles is 1. The molecule has 0 heterocycles. The van der Waals surface area contributed by atoms with Gasteiger partial charge in [-0.05, 0) is 80.8 Å². The van der Waals surface area contributed by atoms with E-state index in [4.69, 9.17) is 10.00 Å². The van der Waals surface area contributed by atoms with Crippen molar-refractivity contribution in [3.05, 3.63) is 47.5 Å². The second-order valence-electron chi connectivity index (χ2n) is 8.11. The molecule has 0 N–H and O–H groups in total. The van der Waals surface area contributed by atoms with Crippen LogP contribution in [0.25, 0.3) is 0 Å². The second-order valence-corrected chi connectivity index (χ2v) is 8.11. The van der Waals surface area contributed by atoms with Crippen LogP contribution in [0.15, 0.2) is 36.4 Å². The molecule has 0 saturated heterocycles. The summed E-state index contributed by atoms with van der Waals surface area (Å²) < 4.78 is 5.83. The second kappa shape index (κ2) is 9.74. The van der Waals surface area contributed by atoms with Gasteiger partial charge in [0.2, 0.25) is 0 Å². The van der Waals surface area contributed by atoms with Gasteiger partial charge < -0.3 is 4.74 Å². The number of ether oxygens (including phenoxy) is 1. The van der Waals surface area contributed by atoms with Gasteiger partial charge in [0.15, 0.2) is 0 Å². The largest absolute Gasteiger partial charge is 0.462 e. The molecule has 3 nitrogen and oxygen atoms in total. The number of allylic oxidation sites excluding steroid dienone is 2. The molecule has 0 aromatic heterocycles. The number of carbonyl (C=O) groups excluding carboxylic acids is 1. The normalized spacial score (nSPS) is 28.6. The molecule has 144 valence electrons. The fourth-order valence-corrected chi connectivity index (χ4v) is 4.53. The van der Waals surface area contributed by atoms with Crippen LogP contribution in [0.3, 0.4) is 0 Å². The van der Waals surface area contributed by atoms with Crippen LogP contribution in [0, 0.1) is 23.2 Å². The third-order valence-electron chi connectivity index (χ3n) is 6.36. The summed E-state index contributed by atoms with van der Waals surface area (Å²) in [5, 5.41) is 8.62. The van der Waals surface area contributed by atoms with Gasteiger partial charge in [-0.25, -0.2) is 0 Å². The first kappa shape index (κ1) is 19.7. The van der Waals surface area contributed by atoms with Crippen molar-refractivity contribution in [1.82, 2.24) is 0 Å². The van der Waals surface area contributed by atoms with Crippen molar-refractivity contribution < 1.29 is 9.53 Å². The number of rotatable bonds is 5. The first-order chi connectivity index (χ1) is 13.2. The molecular formula is C24H31NO2. The zero-order valence-corrected chi connectivity index (χ0v) is 16.4. The Morgan fingerprint density at radius 2 is 1.74 bits per heavy atom. The molecule has 2 saturated carbocycles. The quantitative estimate of drug-likeness (QED) is 0.496. The van der Waals surface area contributed by atoms with E-state index in [0.717, 1.165) is 57.8 Å². The van der Waals surface area contributed by atoms with Crippen molar-refractivity contribution in [2.75, 3.05) is 0 Å². The lowest BCUT2D eigenvalue weighted by Crippen LogP contribution is -2.29. The van der Waals surface area contributed by atoms with Crippen molar-refractivity contribution >= 4 is 5.97 Å². The van der Waals surface area contributed by atoms with E-state index in [0.29, 0.717) is 11.8 Å². The molecule has 0 unspecified atom stereocenters. The Bertz CT molecular complexity index is 669. The lowest BCUT2D eigenvalue weighted by atomic mass is 9.78. The summed E-state index contributed by atoms with van der Waals surface area (Å²) in [5.41, 5.74) is 2.80. The van der Waals surface area contributed by atoms with Crippen LogP contribution in [0.2, 0.25) is 0 Å². The van der Waals surface area contributed by atoms with Gasteiger partial charge in [0.1, 0.15) is 6.10 Å². The Morgan fingerprint density at radius 3 is 2.33 bits per heavy atom. The summed E-state index contributed by atoms with van der Waals surface area (Å²) in [7, 11) is 0. The molecule has 2 fully saturated rings. The smallest absolute Gasteiger partial charge is 0.309 e. The van der Waals surface area contributed by atoms with Gasteiger partial charge in [-0.15, -0.1) is 0 Å². The molecule has 2 aliphatic rings. The Kier molecular flexibility index (Phi) is 7.10. The molecular weight excluding hydrogens is 334 g/mol. The number of hydrogen-bond acceptors (Lipinski definition) is 3. The number of esters is 1. The maximum absolute atomic E-state index is 12.6. The number of carbonyl (C=O) groups is 1. The maximum Gasteiger partial charge on any atom is 0.309 e. The van der Waals surface area contributed by atoms with Crippen molar-refractivity contribution in [3.8, 4) is 6.07 Å². The third kappa shape index (κ3) is 5.45. The molecule has 1 aromatic rings. The van der Waals surface area contributed by atoms with Crippen LogP contribution >= 0.6 is 0 Å². The summed E-state index contributed by atoms with van der Waals surface area (Å²) >= 11 is 0. The molecule has 0 bridgehead atoms. The van der Waals surface area contributed by atoms with Gasteiger partial charge in [-0.3, -0.25) is 4.79 Å². The van der Waals surface area contributed by atoms with E-state index in [1.54, 1.807) is 6.08 Å². The minimum Gasteiger partial charge on any atom is -0.462 e. The minimum absolute atomic E-state index is 0.0193. The highest BCUT2D eigenvalue weighted by Gasteiger charge is 2.30. The molecule has 27 heavy (non-hydrogen) atoms. The predicted octanol–water partition coefficient (Wildman–Crippen LogP) is 5.70. The zero-order valence-electron chi connectivity index (χ0n) is 16.4. The highest BCUT2D eigenvalue weighted by atomic mass is 16.5. The van der Waals surface area contributed by atoms with Gasteiger partial charge in [0.05, 0.1) is 12.0 Å². The summed E-state index contributed by atoms with van der Waals surface area (Å²) in [6.07, 6.45) is 12.6. The predicted molar refractivity (Wildman–Crippen MR) is 107 cm³/mol. The van der Waals surface area contributed by atoms with Gasteiger partial charge in [0, 0.05) is 6.08 Å². The van der Waals surface area contributed by atoms with Crippen LogP contribution < -0.4 is 0 Å². The van der Waals surface area contributed by atoms with Gasteiger partial charge in [-0.2, -0.15) is 5.26 Å². The number of aryl methyl sites for hydroxylation is 1. The molecule has 3 rings (SSSR count). The van der Waals surface area contributed by atoms with Gasteiger partial charge >= 0.3 is 5.97 Å². The Hall–Kier alpha value is -2.08. The van der Waals surface area contributed by atoms with Gasteiger partial charge in [0.25, 0.3) is 0 Å². The van der Waals surface area contributed by atoms with Crippen molar-refractivity contribution in [2.45, 2.75) is 76.7 Å². The number of hydrogen-bond donors (Lipinski definition) is 0. The highest BCUT2D eigenvalue weighted by Crippen LogP contribution is 2.37. The summed E-state index contributed by atoms with van der Waals surface area (Å²) in [6.45, 7) is 2.18. The van der Waals surface area contributed by atoms with Crippen LogP contribution in [0.5, 0.6) is 0 Å². The summed E-state index contributed by atoms with van der Waals surface area (Å²) in [4.78, 5) is 12.6. The van der Waals surface area contributed by atoms with E-state index in [1.165, 1.54) is 11.1 Å². The first-order valence-corrected chi connectivity index (χ1v) is 10.5. The molecule has 0 atom stereocenters. The average Bonchev–Trinajstić information content (AvgIpc) is 2.73. The van der Waals surface area contributed by atoms with Crippen molar-refractivity contribution in [3.63, 3.8) is 0 Å². The lowest BCUT2D eigenvalue weighted by Gasteiger charge is -2.31.